The highest BCUT2D eigenvalue weighted by atomic mass is 35.5. The zero-order valence-electron chi connectivity index (χ0n) is 18.8. The average Bonchev–Trinajstić information content (AvgIpc) is 3.61. The van der Waals surface area contributed by atoms with Gasteiger partial charge in [-0.05, 0) is 63.5 Å². The lowest BCUT2D eigenvalue weighted by Crippen LogP contribution is -2.42. The summed E-state index contributed by atoms with van der Waals surface area (Å²) in [4.78, 5) is 8.89. The number of nitrogens with zero attached hydrogens (tertiary/aromatic N) is 2. The van der Waals surface area contributed by atoms with Gasteiger partial charge < -0.3 is 20.7 Å². The third-order valence-electron chi connectivity index (χ3n) is 6.30. The van der Waals surface area contributed by atoms with E-state index in [9.17, 15) is 0 Å². The Morgan fingerprint density at radius 3 is 2.50 bits per heavy atom. The first-order chi connectivity index (χ1) is 15.5. The van der Waals surface area contributed by atoms with Crippen LogP contribution in [0, 0.1) is 5.92 Å². The highest BCUT2D eigenvalue weighted by molar-refractivity contribution is 6.33. The van der Waals surface area contributed by atoms with Crippen LogP contribution in [-0.2, 0) is 4.74 Å². The van der Waals surface area contributed by atoms with Gasteiger partial charge in [0.2, 0.25) is 0 Å². The minimum Gasteiger partial charge on any atom is -0.383 e. The van der Waals surface area contributed by atoms with Crippen LogP contribution in [0.4, 0.5) is 11.5 Å². The maximum Gasteiger partial charge on any atom is 0.152 e. The Hall–Kier alpha value is -1.60. The average molecular weight is 478 g/mol. The van der Waals surface area contributed by atoms with E-state index in [1.54, 1.807) is 19.5 Å². The summed E-state index contributed by atoms with van der Waals surface area (Å²) in [6.07, 6.45) is 10.6. The van der Waals surface area contributed by atoms with E-state index in [1.165, 1.54) is 12.8 Å². The van der Waals surface area contributed by atoms with Crippen molar-refractivity contribution in [2.24, 2.45) is 5.92 Å². The molecule has 32 heavy (non-hydrogen) atoms. The lowest BCUT2D eigenvalue weighted by Gasteiger charge is -2.32. The Bertz CT molecular complexity index is 900. The van der Waals surface area contributed by atoms with E-state index >= 15 is 0 Å². The largest absolute Gasteiger partial charge is 0.383 e. The van der Waals surface area contributed by atoms with Gasteiger partial charge in [-0.2, -0.15) is 0 Å². The maximum atomic E-state index is 6.51. The molecule has 0 aliphatic heterocycles. The van der Waals surface area contributed by atoms with Crippen molar-refractivity contribution >= 4 is 34.7 Å². The maximum absolute atomic E-state index is 6.51. The van der Waals surface area contributed by atoms with Crippen molar-refractivity contribution < 1.29 is 4.74 Å². The van der Waals surface area contributed by atoms with Gasteiger partial charge in [0.25, 0.3) is 0 Å². The minimum atomic E-state index is 0.381. The fourth-order valence-electron chi connectivity index (χ4n) is 4.35. The Balaban J connectivity index is 1.38. The van der Waals surface area contributed by atoms with Crippen LogP contribution in [-0.4, -0.2) is 48.4 Å². The topological polar surface area (TPSA) is 71.1 Å². The molecule has 2 aromatic rings. The van der Waals surface area contributed by atoms with Gasteiger partial charge in [-0.1, -0.05) is 23.2 Å². The summed E-state index contributed by atoms with van der Waals surface area (Å²) in [6, 6.07) is 5.38. The van der Waals surface area contributed by atoms with Crippen LogP contribution in [0.25, 0.3) is 11.1 Å². The molecule has 2 fully saturated rings. The summed E-state index contributed by atoms with van der Waals surface area (Å²) in [5.41, 5.74) is 2.70. The van der Waals surface area contributed by atoms with Crippen molar-refractivity contribution in [3.8, 4) is 11.1 Å². The van der Waals surface area contributed by atoms with Crippen molar-refractivity contribution in [3.05, 3.63) is 34.7 Å². The Morgan fingerprint density at radius 2 is 1.78 bits per heavy atom. The molecule has 2 aromatic heterocycles. The number of anilines is 2. The Morgan fingerprint density at radius 1 is 1.03 bits per heavy atom. The second-order valence-corrected chi connectivity index (χ2v) is 9.92. The quantitative estimate of drug-likeness (QED) is 0.385. The van der Waals surface area contributed by atoms with Gasteiger partial charge >= 0.3 is 0 Å². The molecule has 2 aliphatic rings. The predicted octanol–water partition coefficient (Wildman–Crippen LogP) is 5.62. The van der Waals surface area contributed by atoms with E-state index in [0.29, 0.717) is 28.3 Å². The zero-order chi connectivity index (χ0) is 22.5. The Labute approximate surface area is 200 Å². The van der Waals surface area contributed by atoms with E-state index < -0.39 is 0 Å². The second-order valence-electron chi connectivity index (χ2n) is 9.15. The monoisotopic (exact) mass is 477 g/mol. The molecule has 0 bridgehead atoms. The predicted molar refractivity (Wildman–Crippen MR) is 133 cm³/mol. The molecule has 0 radical (unpaired) electrons. The summed E-state index contributed by atoms with van der Waals surface area (Å²) in [5, 5.41) is 11.8. The molecule has 2 heterocycles. The fraction of sp³-hybridized carbons (Fsp3) is 0.583. The van der Waals surface area contributed by atoms with Crippen LogP contribution in [0.2, 0.25) is 10.2 Å². The van der Waals surface area contributed by atoms with Gasteiger partial charge in [-0.15, -0.1) is 0 Å². The summed E-state index contributed by atoms with van der Waals surface area (Å²) < 4.78 is 5.23. The lowest BCUT2D eigenvalue weighted by molar-refractivity contribution is 0.161. The molecule has 174 valence electrons. The lowest BCUT2D eigenvalue weighted by atomic mass is 9.90. The highest BCUT2D eigenvalue weighted by Crippen LogP contribution is 2.34. The van der Waals surface area contributed by atoms with Crippen LogP contribution in [0.3, 0.4) is 0 Å². The number of nitrogens with one attached hydrogen (secondary N) is 3. The smallest absolute Gasteiger partial charge is 0.152 e. The number of hydrogen-bond donors (Lipinski definition) is 3. The molecule has 0 saturated heterocycles. The van der Waals surface area contributed by atoms with E-state index in [2.05, 4.69) is 32.8 Å². The summed E-state index contributed by atoms with van der Waals surface area (Å²) >= 11 is 12.8. The second kappa shape index (κ2) is 11.0. The third-order valence-corrected chi connectivity index (χ3v) is 6.90. The Kier molecular flexibility index (Phi) is 8.11. The van der Waals surface area contributed by atoms with Gasteiger partial charge in [0, 0.05) is 55.3 Å². The van der Waals surface area contributed by atoms with Crippen LogP contribution in [0.5, 0.6) is 0 Å². The number of pyridine rings is 2. The van der Waals surface area contributed by atoms with Crippen LogP contribution >= 0.6 is 23.2 Å². The van der Waals surface area contributed by atoms with Crippen molar-refractivity contribution in [3.63, 3.8) is 0 Å². The first kappa shape index (κ1) is 23.6. The molecular weight excluding hydrogens is 445 g/mol. The standard InChI is InChI=1S/C24H33Cl2N5O/c1-15(14-32-2)30-18-5-7-19(8-6-18)31-23-10-20(21(25)13-28-23)17-9-22(24(26)29-12-17)27-11-16-3-4-16/h9-10,12-13,15-16,18-19,27,30H,3-8,11,14H2,1-2H3,(H,28,31)/t15-,18?,19?/m0/s1. The molecule has 3 N–H and O–H groups in total. The first-order valence-electron chi connectivity index (χ1n) is 11.6. The number of rotatable bonds is 10. The summed E-state index contributed by atoms with van der Waals surface area (Å²) in [7, 11) is 1.75. The number of halogens is 2. The fourth-order valence-corrected chi connectivity index (χ4v) is 4.73. The van der Waals surface area contributed by atoms with E-state index in [-0.39, 0.29) is 0 Å². The van der Waals surface area contributed by atoms with Crippen LogP contribution in [0.15, 0.2) is 24.5 Å². The normalized spacial score (nSPS) is 21.9. The number of aromatic nitrogens is 2. The number of hydrogen-bond acceptors (Lipinski definition) is 6. The number of ether oxygens (including phenoxy) is 1. The molecule has 2 saturated carbocycles. The highest BCUT2D eigenvalue weighted by Gasteiger charge is 2.23. The molecule has 4 rings (SSSR count). The van der Waals surface area contributed by atoms with Crippen molar-refractivity contribution in [1.29, 1.82) is 0 Å². The van der Waals surface area contributed by atoms with Gasteiger partial charge in [-0.25, -0.2) is 9.97 Å². The molecule has 0 amide bonds. The number of methoxy groups -OCH3 is 1. The minimum absolute atomic E-state index is 0.381. The molecule has 6 nitrogen and oxygen atoms in total. The third kappa shape index (κ3) is 6.47. The van der Waals surface area contributed by atoms with Gasteiger partial charge in [0.15, 0.2) is 5.15 Å². The molecule has 2 aliphatic carbocycles. The summed E-state index contributed by atoms with van der Waals surface area (Å²) in [5.74, 6) is 1.60. The molecule has 0 spiro atoms. The molecule has 0 unspecified atom stereocenters. The molecule has 0 aromatic carbocycles. The van der Waals surface area contributed by atoms with E-state index in [0.717, 1.165) is 67.4 Å². The van der Waals surface area contributed by atoms with Gasteiger partial charge in [-0.3, -0.25) is 0 Å². The SMILES string of the molecule is COC[C@H](C)NC1CCC(Nc2cc(-c3cnc(Cl)c(NCC4CC4)c3)c(Cl)cn2)CC1. The van der Waals surface area contributed by atoms with Crippen molar-refractivity contribution in [2.45, 2.75) is 63.6 Å². The van der Waals surface area contributed by atoms with Crippen molar-refractivity contribution in [2.75, 3.05) is 30.9 Å². The van der Waals surface area contributed by atoms with E-state index in [4.69, 9.17) is 27.9 Å². The van der Waals surface area contributed by atoms with Gasteiger partial charge in [0.05, 0.1) is 17.3 Å². The molecular formula is C24H33Cl2N5O. The van der Waals surface area contributed by atoms with Gasteiger partial charge in [0.1, 0.15) is 5.82 Å². The van der Waals surface area contributed by atoms with Crippen LogP contribution < -0.4 is 16.0 Å². The molecule has 8 heteroatoms. The van der Waals surface area contributed by atoms with E-state index in [1.807, 2.05) is 12.1 Å². The van der Waals surface area contributed by atoms with Crippen LogP contribution in [0.1, 0.15) is 45.4 Å². The zero-order valence-corrected chi connectivity index (χ0v) is 20.3. The first-order valence-corrected chi connectivity index (χ1v) is 12.3. The summed E-state index contributed by atoms with van der Waals surface area (Å²) in [6.45, 7) is 3.85. The van der Waals surface area contributed by atoms with Crippen molar-refractivity contribution in [1.82, 2.24) is 15.3 Å². The molecule has 1 atom stereocenters.